The molecule has 136 valence electrons. The van der Waals surface area contributed by atoms with Crippen LogP contribution in [0.5, 0.6) is 0 Å². The molecular weight excluding hydrogens is 356 g/mol. The molecule has 0 saturated carbocycles. The summed E-state index contributed by atoms with van der Waals surface area (Å²) in [6.45, 7) is 2.75. The average molecular weight is 377 g/mol. The SMILES string of the molecule is CC(C)(COS(=O)(=O)CCCS(=O)[O-])C(=O)OCc1ccccc1. The van der Waals surface area contributed by atoms with Gasteiger partial charge in [-0.25, -0.2) is 0 Å². The van der Waals surface area contributed by atoms with Gasteiger partial charge in [0.05, 0.1) is 17.8 Å². The van der Waals surface area contributed by atoms with Gasteiger partial charge in [-0.15, -0.1) is 0 Å². The molecule has 0 bridgehead atoms. The molecule has 0 heterocycles. The van der Waals surface area contributed by atoms with E-state index in [0.29, 0.717) is 0 Å². The highest BCUT2D eigenvalue weighted by molar-refractivity contribution is 7.86. The van der Waals surface area contributed by atoms with Crippen molar-refractivity contribution in [3.8, 4) is 0 Å². The van der Waals surface area contributed by atoms with Crippen LogP contribution in [0.2, 0.25) is 0 Å². The van der Waals surface area contributed by atoms with Crippen molar-refractivity contribution >= 4 is 27.2 Å². The minimum Gasteiger partial charge on any atom is -0.772 e. The molecule has 7 nitrogen and oxygen atoms in total. The first-order chi connectivity index (χ1) is 11.1. The van der Waals surface area contributed by atoms with Crippen LogP contribution in [0.4, 0.5) is 0 Å². The van der Waals surface area contributed by atoms with E-state index in [1.54, 1.807) is 12.1 Å². The molecule has 1 unspecified atom stereocenters. The minimum absolute atomic E-state index is 0.0582. The molecule has 0 amide bonds. The quantitative estimate of drug-likeness (QED) is 0.344. The molecule has 0 saturated heterocycles. The van der Waals surface area contributed by atoms with Crippen molar-refractivity contribution in [2.45, 2.75) is 26.9 Å². The lowest BCUT2D eigenvalue weighted by atomic mass is 9.95. The fraction of sp³-hybridized carbons (Fsp3) is 0.533. The normalized spacial score (nSPS) is 13.5. The summed E-state index contributed by atoms with van der Waals surface area (Å²) in [6, 6.07) is 9.09. The van der Waals surface area contributed by atoms with Crippen LogP contribution in [-0.2, 0) is 41.5 Å². The molecular formula is C15H21O7S2-. The number of esters is 1. The molecule has 0 aliphatic heterocycles. The second kappa shape index (κ2) is 9.26. The van der Waals surface area contributed by atoms with E-state index in [9.17, 15) is 22.0 Å². The highest BCUT2D eigenvalue weighted by atomic mass is 32.2. The Kier molecular flexibility index (Phi) is 8.01. The molecule has 0 fully saturated rings. The average Bonchev–Trinajstić information content (AvgIpc) is 2.51. The Morgan fingerprint density at radius 1 is 1.25 bits per heavy atom. The fourth-order valence-electron chi connectivity index (χ4n) is 1.63. The van der Waals surface area contributed by atoms with E-state index in [4.69, 9.17) is 8.92 Å². The summed E-state index contributed by atoms with van der Waals surface area (Å²) < 4.78 is 54.1. The highest BCUT2D eigenvalue weighted by Crippen LogP contribution is 2.20. The van der Waals surface area contributed by atoms with Crippen molar-refractivity contribution in [3.05, 3.63) is 35.9 Å². The van der Waals surface area contributed by atoms with Crippen LogP contribution in [0.3, 0.4) is 0 Å². The number of benzene rings is 1. The van der Waals surface area contributed by atoms with Crippen molar-refractivity contribution in [1.29, 1.82) is 0 Å². The Hall–Kier alpha value is -1.29. The Bertz CT molecular complexity index is 654. The van der Waals surface area contributed by atoms with Crippen LogP contribution in [0.1, 0.15) is 25.8 Å². The molecule has 0 aliphatic carbocycles. The van der Waals surface area contributed by atoms with E-state index in [1.165, 1.54) is 13.8 Å². The van der Waals surface area contributed by atoms with Crippen LogP contribution in [0, 0.1) is 5.41 Å². The Balaban J connectivity index is 2.46. The van der Waals surface area contributed by atoms with Crippen molar-refractivity contribution < 1.29 is 30.9 Å². The molecule has 0 N–H and O–H groups in total. The molecule has 0 radical (unpaired) electrons. The number of carbonyl (C=O) groups excluding carboxylic acids is 1. The second-order valence-electron chi connectivity index (χ2n) is 5.83. The van der Waals surface area contributed by atoms with Gasteiger partial charge < -0.3 is 9.29 Å². The third-order valence-electron chi connectivity index (χ3n) is 3.07. The van der Waals surface area contributed by atoms with E-state index in [0.717, 1.165) is 5.56 Å². The predicted octanol–water partition coefficient (Wildman–Crippen LogP) is 1.37. The smallest absolute Gasteiger partial charge is 0.314 e. The first-order valence-electron chi connectivity index (χ1n) is 7.26. The van der Waals surface area contributed by atoms with Crippen LogP contribution < -0.4 is 0 Å². The van der Waals surface area contributed by atoms with E-state index >= 15 is 0 Å². The molecule has 0 aliphatic rings. The zero-order valence-corrected chi connectivity index (χ0v) is 15.2. The van der Waals surface area contributed by atoms with Crippen LogP contribution >= 0.6 is 0 Å². The van der Waals surface area contributed by atoms with Gasteiger partial charge in [0.1, 0.15) is 6.61 Å². The molecule has 1 atom stereocenters. The van der Waals surface area contributed by atoms with E-state index in [1.807, 2.05) is 18.2 Å². The number of hydrogen-bond acceptors (Lipinski definition) is 7. The largest absolute Gasteiger partial charge is 0.772 e. The van der Waals surface area contributed by atoms with Crippen LogP contribution in [-0.4, -0.2) is 41.3 Å². The third kappa shape index (κ3) is 8.00. The van der Waals surface area contributed by atoms with Gasteiger partial charge in [-0.3, -0.25) is 13.2 Å². The van der Waals surface area contributed by atoms with Crippen LogP contribution in [0.25, 0.3) is 0 Å². The fourth-order valence-corrected chi connectivity index (χ4v) is 3.28. The standard InChI is InChI=1S/C15H22O7S2/c1-15(2,12-22-24(19,20)10-6-9-23(17)18)14(16)21-11-13-7-4-3-5-8-13/h3-5,7-8H,6,9-12H2,1-2H3,(H,17,18)/p-1. The van der Waals surface area contributed by atoms with Gasteiger partial charge in [-0.1, -0.05) is 41.4 Å². The molecule has 0 spiro atoms. The van der Waals surface area contributed by atoms with Crippen molar-refractivity contribution in [2.75, 3.05) is 18.1 Å². The summed E-state index contributed by atoms with van der Waals surface area (Å²) in [7, 11) is -3.89. The molecule has 0 aromatic heterocycles. The number of ether oxygens (including phenoxy) is 1. The van der Waals surface area contributed by atoms with Gasteiger partial charge in [0.2, 0.25) is 0 Å². The lowest BCUT2D eigenvalue weighted by Gasteiger charge is -2.22. The molecule has 24 heavy (non-hydrogen) atoms. The Morgan fingerprint density at radius 2 is 1.88 bits per heavy atom. The van der Waals surface area contributed by atoms with E-state index in [2.05, 4.69) is 0 Å². The third-order valence-corrected chi connectivity index (χ3v) is 4.96. The first-order valence-corrected chi connectivity index (χ1v) is 10.1. The molecule has 1 aromatic carbocycles. The van der Waals surface area contributed by atoms with Gasteiger partial charge in [-0.05, 0) is 25.8 Å². The number of rotatable bonds is 10. The Morgan fingerprint density at radius 3 is 2.46 bits per heavy atom. The summed E-state index contributed by atoms with van der Waals surface area (Å²) >= 11 is -2.29. The van der Waals surface area contributed by atoms with Gasteiger partial charge in [0.15, 0.2) is 0 Å². The van der Waals surface area contributed by atoms with E-state index < -0.39 is 38.3 Å². The van der Waals surface area contributed by atoms with Gasteiger partial charge in [-0.2, -0.15) is 8.42 Å². The maximum Gasteiger partial charge on any atom is 0.314 e. The Labute approximate surface area is 144 Å². The van der Waals surface area contributed by atoms with Crippen molar-refractivity contribution in [3.63, 3.8) is 0 Å². The van der Waals surface area contributed by atoms with E-state index in [-0.39, 0.29) is 25.4 Å². The van der Waals surface area contributed by atoms with Crippen LogP contribution in [0.15, 0.2) is 30.3 Å². The van der Waals surface area contributed by atoms with Gasteiger partial charge in [0, 0.05) is 5.75 Å². The lowest BCUT2D eigenvalue weighted by Crippen LogP contribution is -2.33. The zero-order chi connectivity index (χ0) is 18.2. The summed E-state index contributed by atoms with van der Waals surface area (Å²) in [6.07, 6.45) is -0.0582. The monoisotopic (exact) mass is 377 g/mol. The lowest BCUT2D eigenvalue weighted by molar-refractivity contribution is -0.156. The molecule has 1 rings (SSSR count). The molecule has 1 aromatic rings. The molecule has 9 heteroatoms. The summed E-state index contributed by atoms with van der Waals surface area (Å²) in [5.41, 5.74) is -0.329. The summed E-state index contributed by atoms with van der Waals surface area (Å²) in [5, 5.41) is 0. The van der Waals surface area contributed by atoms with Gasteiger partial charge >= 0.3 is 5.97 Å². The van der Waals surface area contributed by atoms with Crippen molar-refractivity contribution in [1.82, 2.24) is 0 Å². The topological polar surface area (TPSA) is 110 Å². The minimum atomic E-state index is -3.89. The number of hydrogen-bond donors (Lipinski definition) is 0. The second-order valence-corrected chi connectivity index (χ2v) is 8.61. The number of carbonyl (C=O) groups is 1. The summed E-state index contributed by atoms with van der Waals surface area (Å²) in [4.78, 5) is 12.1. The van der Waals surface area contributed by atoms with Gasteiger partial charge in [0.25, 0.3) is 10.1 Å². The predicted molar refractivity (Wildman–Crippen MR) is 88.2 cm³/mol. The summed E-state index contributed by atoms with van der Waals surface area (Å²) in [5.74, 6) is -1.26. The zero-order valence-electron chi connectivity index (χ0n) is 13.6. The highest BCUT2D eigenvalue weighted by Gasteiger charge is 2.32. The maximum absolute atomic E-state index is 12.1. The maximum atomic E-state index is 12.1. The van der Waals surface area contributed by atoms with Crippen molar-refractivity contribution in [2.24, 2.45) is 5.41 Å². The first kappa shape index (κ1) is 20.8.